The smallest absolute Gasteiger partial charge is 0.314 e. The molecule has 0 aliphatic rings. The predicted octanol–water partition coefficient (Wildman–Crippen LogP) is 2.54. The highest BCUT2D eigenvalue weighted by Crippen LogP contribution is 2.15. The Labute approximate surface area is 140 Å². The lowest BCUT2D eigenvalue weighted by Crippen LogP contribution is -2.31. The number of nitrogens with zero attached hydrogens (tertiary/aromatic N) is 2. The molecule has 8 heteroatoms. The van der Waals surface area contributed by atoms with E-state index in [2.05, 4.69) is 10.5 Å². The molecule has 1 aromatic rings. The molecule has 0 unspecified atom stereocenters. The molecule has 0 aromatic heterocycles. The molecule has 8 nitrogen and oxygen atoms in total. The summed E-state index contributed by atoms with van der Waals surface area (Å²) in [7, 11) is 0. The molecule has 0 fully saturated rings. The van der Waals surface area contributed by atoms with Gasteiger partial charge in [-0.05, 0) is 31.9 Å². The SMILES string of the molecule is CCOC(=O)[C@@H](/C(C)=N/NC(=O)c1ccc([N+](=O)[O-])cc1)C(C)C. The van der Waals surface area contributed by atoms with Crippen LogP contribution in [0.5, 0.6) is 0 Å². The zero-order valence-corrected chi connectivity index (χ0v) is 14.1. The molecule has 24 heavy (non-hydrogen) atoms. The Morgan fingerprint density at radius 2 is 1.88 bits per heavy atom. The normalized spacial score (nSPS) is 12.6. The third-order valence-electron chi connectivity index (χ3n) is 3.33. The second-order valence-electron chi connectivity index (χ2n) is 5.47. The highest BCUT2D eigenvalue weighted by Gasteiger charge is 2.26. The maximum absolute atomic E-state index is 12.0. The van der Waals surface area contributed by atoms with Gasteiger partial charge in [0, 0.05) is 23.4 Å². The van der Waals surface area contributed by atoms with Crippen molar-refractivity contribution < 1.29 is 19.2 Å². The molecule has 0 spiro atoms. The number of amides is 1. The minimum atomic E-state index is -0.554. The van der Waals surface area contributed by atoms with Crippen LogP contribution in [0.25, 0.3) is 0 Å². The first-order valence-corrected chi connectivity index (χ1v) is 7.53. The lowest BCUT2D eigenvalue weighted by Gasteiger charge is -2.18. The Balaban J connectivity index is 2.83. The van der Waals surface area contributed by atoms with Gasteiger partial charge in [-0.2, -0.15) is 5.10 Å². The second kappa shape index (κ2) is 8.76. The summed E-state index contributed by atoms with van der Waals surface area (Å²) in [6, 6.07) is 5.15. The van der Waals surface area contributed by atoms with Crippen LogP contribution in [0.4, 0.5) is 5.69 Å². The zero-order valence-electron chi connectivity index (χ0n) is 14.1. The Bertz CT molecular complexity index is 638. The third-order valence-corrected chi connectivity index (χ3v) is 3.33. The molecule has 1 aromatic carbocycles. The third kappa shape index (κ3) is 5.15. The highest BCUT2D eigenvalue weighted by atomic mass is 16.6. The minimum Gasteiger partial charge on any atom is -0.465 e. The van der Waals surface area contributed by atoms with Crippen LogP contribution in [-0.4, -0.2) is 29.1 Å². The number of hydrogen-bond donors (Lipinski definition) is 1. The summed E-state index contributed by atoms with van der Waals surface area (Å²) in [6.45, 7) is 7.35. The molecule has 1 atom stereocenters. The van der Waals surface area contributed by atoms with Crippen molar-refractivity contribution in [1.29, 1.82) is 0 Å². The number of esters is 1. The highest BCUT2D eigenvalue weighted by molar-refractivity contribution is 6.02. The summed E-state index contributed by atoms with van der Waals surface area (Å²) in [6.07, 6.45) is 0. The fraction of sp³-hybridized carbons (Fsp3) is 0.438. The molecule has 0 aliphatic heterocycles. The number of carbonyl (C=O) groups excluding carboxylic acids is 2. The maximum atomic E-state index is 12.0. The monoisotopic (exact) mass is 335 g/mol. The van der Waals surface area contributed by atoms with Gasteiger partial charge in [-0.25, -0.2) is 5.43 Å². The lowest BCUT2D eigenvalue weighted by atomic mass is 9.92. The van der Waals surface area contributed by atoms with E-state index < -0.39 is 22.7 Å². The van der Waals surface area contributed by atoms with E-state index in [9.17, 15) is 19.7 Å². The number of rotatable bonds is 7. The van der Waals surface area contributed by atoms with Crippen LogP contribution in [0.1, 0.15) is 38.1 Å². The quantitative estimate of drug-likeness (QED) is 0.356. The van der Waals surface area contributed by atoms with Crippen LogP contribution in [0.2, 0.25) is 0 Å². The number of hydrazone groups is 1. The topological polar surface area (TPSA) is 111 Å². The molecular weight excluding hydrogens is 314 g/mol. The summed E-state index contributed by atoms with van der Waals surface area (Å²) < 4.78 is 5.02. The van der Waals surface area contributed by atoms with Gasteiger partial charge in [0.1, 0.15) is 0 Å². The molecule has 130 valence electrons. The number of ether oxygens (including phenoxy) is 1. The van der Waals surface area contributed by atoms with Crippen molar-refractivity contribution in [3.8, 4) is 0 Å². The molecule has 1 amide bonds. The molecule has 1 N–H and O–H groups in total. The van der Waals surface area contributed by atoms with Crippen LogP contribution in [0.15, 0.2) is 29.4 Å². The zero-order chi connectivity index (χ0) is 18.3. The fourth-order valence-corrected chi connectivity index (χ4v) is 2.16. The standard InChI is InChI=1S/C16H21N3O5/c1-5-24-16(21)14(10(2)3)11(4)17-18-15(20)12-6-8-13(9-7-12)19(22)23/h6-10,14H,5H2,1-4H3,(H,18,20)/b17-11+/t14-/m1/s1. The van der Waals surface area contributed by atoms with Crippen molar-refractivity contribution in [3.63, 3.8) is 0 Å². The molecule has 0 saturated heterocycles. The van der Waals surface area contributed by atoms with Gasteiger partial charge in [-0.3, -0.25) is 19.7 Å². The van der Waals surface area contributed by atoms with Gasteiger partial charge in [0.25, 0.3) is 11.6 Å². The van der Waals surface area contributed by atoms with Gasteiger partial charge < -0.3 is 4.74 Å². The Kier molecular flexibility index (Phi) is 7.03. The van der Waals surface area contributed by atoms with Crippen LogP contribution in [0, 0.1) is 22.0 Å². The average Bonchev–Trinajstić information content (AvgIpc) is 2.52. The summed E-state index contributed by atoms with van der Waals surface area (Å²) in [5.41, 5.74) is 2.91. The van der Waals surface area contributed by atoms with E-state index in [0.717, 1.165) is 0 Å². The van der Waals surface area contributed by atoms with Gasteiger partial charge in [0.05, 0.1) is 17.4 Å². The van der Waals surface area contributed by atoms with E-state index >= 15 is 0 Å². The van der Waals surface area contributed by atoms with Crippen molar-refractivity contribution in [2.75, 3.05) is 6.61 Å². The van der Waals surface area contributed by atoms with E-state index in [0.29, 0.717) is 5.71 Å². The predicted molar refractivity (Wildman–Crippen MR) is 88.6 cm³/mol. The van der Waals surface area contributed by atoms with Gasteiger partial charge in [-0.1, -0.05) is 13.8 Å². The molecule has 0 aliphatic carbocycles. The van der Waals surface area contributed by atoms with Crippen molar-refractivity contribution in [2.24, 2.45) is 16.9 Å². The summed E-state index contributed by atoms with van der Waals surface area (Å²) in [5, 5.41) is 14.6. The first-order chi connectivity index (χ1) is 11.3. The number of carbonyl (C=O) groups is 2. The fourth-order valence-electron chi connectivity index (χ4n) is 2.16. The molecular formula is C16H21N3O5. The minimum absolute atomic E-state index is 0.0379. The van der Waals surface area contributed by atoms with E-state index in [1.54, 1.807) is 13.8 Å². The summed E-state index contributed by atoms with van der Waals surface area (Å²) >= 11 is 0. The molecule has 0 bridgehead atoms. The van der Waals surface area contributed by atoms with Gasteiger partial charge in [0.2, 0.25) is 0 Å². The van der Waals surface area contributed by atoms with Crippen LogP contribution >= 0.6 is 0 Å². The number of nitro benzene ring substituents is 1. The van der Waals surface area contributed by atoms with Crippen molar-refractivity contribution in [3.05, 3.63) is 39.9 Å². The summed E-state index contributed by atoms with van der Waals surface area (Å²) in [5.74, 6) is -1.50. The molecule has 1 rings (SSSR count). The largest absolute Gasteiger partial charge is 0.465 e. The van der Waals surface area contributed by atoms with Gasteiger partial charge in [0.15, 0.2) is 0 Å². The Morgan fingerprint density at radius 1 is 1.29 bits per heavy atom. The van der Waals surface area contributed by atoms with Crippen molar-refractivity contribution >= 4 is 23.3 Å². The summed E-state index contributed by atoms with van der Waals surface area (Å²) in [4.78, 5) is 34.0. The van der Waals surface area contributed by atoms with E-state index in [1.807, 2.05) is 13.8 Å². The van der Waals surface area contributed by atoms with E-state index in [4.69, 9.17) is 4.74 Å². The first-order valence-electron chi connectivity index (χ1n) is 7.53. The Hall–Kier alpha value is -2.77. The van der Waals surface area contributed by atoms with Gasteiger partial charge >= 0.3 is 5.97 Å². The number of nitrogens with one attached hydrogen (secondary N) is 1. The molecule has 0 heterocycles. The number of nitro groups is 1. The van der Waals surface area contributed by atoms with Crippen LogP contribution < -0.4 is 5.43 Å². The van der Waals surface area contributed by atoms with Crippen LogP contribution in [-0.2, 0) is 9.53 Å². The van der Waals surface area contributed by atoms with E-state index in [1.165, 1.54) is 24.3 Å². The van der Waals surface area contributed by atoms with Crippen molar-refractivity contribution in [1.82, 2.24) is 5.43 Å². The van der Waals surface area contributed by atoms with Crippen LogP contribution in [0.3, 0.4) is 0 Å². The Morgan fingerprint density at radius 3 is 2.33 bits per heavy atom. The second-order valence-corrected chi connectivity index (χ2v) is 5.47. The molecule has 0 saturated carbocycles. The van der Waals surface area contributed by atoms with Crippen molar-refractivity contribution in [2.45, 2.75) is 27.7 Å². The molecule has 0 radical (unpaired) electrons. The lowest BCUT2D eigenvalue weighted by molar-refractivity contribution is -0.384. The first kappa shape index (κ1) is 19.3. The average molecular weight is 335 g/mol. The number of benzene rings is 1. The van der Waals surface area contributed by atoms with Gasteiger partial charge in [-0.15, -0.1) is 0 Å². The maximum Gasteiger partial charge on any atom is 0.314 e. The number of hydrogen-bond acceptors (Lipinski definition) is 6. The van der Waals surface area contributed by atoms with E-state index in [-0.39, 0.29) is 23.8 Å². The number of non-ortho nitro benzene ring substituents is 1.